The zero-order valence-corrected chi connectivity index (χ0v) is 10.7. The molecular weight excluding hydrogens is 222 g/mol. The van der Waals surface area contributed by atoms with Crippen LogP contribution in [-0.4, -0.2) is 24.1 Å². The van der Waals surface area contributed by atoms with Crippen molar-refractivity contribution in [3.63, 3.8) is 0 Å². The summed E-state index contributed by atoms with van der Waals surface area (Å²) in [4.78, 5) is 2.35. The zero-order chi connectivity index (χ0) is 11.5. The number of rotatable bonds is 4. The molecule has 0 aromatic carbocycles. The van der Waals surface area contributed by atoms with Crippen molar-refractivity contribution < 1.29 is 4.74 Å². The smallest absolute Gasteiger partial charge is 0.197 e. The number of nitrogen functional groups attached to an aromatic ring is 1. The number of nitrogens with two attached hydrogens (primary N) is 1. The minimum absolute atomic E-state index is 0.529. The molecule has 4 nitrogen and oxygen atoms in total. The van der Waals surface area contributed by atoms with Crippen LogP contribution in [0.25, 0.3) is 0 Å². The lowest BCUT2D eigenvalue weighted by Gasteiger charge is -2.17. The number of aromatic nitrogens is 1. The summed E-state index contributed by atoms with van der Waals surface area (Å²) in [5.74, 6) is 2.11. The second-order valence-corrected chi connectivity index (χ2v) is 4.90. The van der Waals surface area contributed by atoms with Crippen LogP contribution in [0.5, 0.6) is 5.75 Å². The molecule has 1 aliphatic heterocycles. The standard InChI is InChI=1S/C11H19N3OS/c1-3-8-5-6-14(7-8)11-9(15-4-2)10(12)13-16-11/h8H,3-7H2,1-2H3,(H2,12,13). The summed E-state index contributed by atoms with van der Waals surface area (Å²) in [6.07, 6.45) is 2.51. The molecule has 0 radical (unpaired) electrons. The van der Waals surface area contributed by atoms with Gasteiger partial charge in [-0.2, -0.15) is 4.37 Å². The van der Waals surface area contributed by atoms with Crippen LogP contribution in [0.15, 0.2) is 0 Å². The highest BCUT2D eigenvalue weighted by atomic mass is 32.1. The van der Waals surface area contributed by atoms with Crippen LogP contribution in [0.4, 0.5) is 10.8 Å². The molecule has 0 aliphatic carbocycles. The van der Waals surface area contributed by atoms with Crippen molar-refractivity contribution in [3.8, 4) is 5.75 Å². The Bertz CT molecular complexity index is 353. The normalized spacial score (nSPS) is 20.4. The molecule has 1 aliphatic rings. The molecule has 0 spiro atoms. The lowest BCUT2D eigenvalue weighted by atomic mass is 10.1. The van der Waals surface area contributed by atoms with Gasteiger partial charge in [-0.3, -0.25) is 0 Å². The second-order valence-electron chi connectivity index (χ2n) is 4.14. The first-order chi connectivity index (χ1) is 7.76. The van der Waals surface area contributed by atoms with E-state index in [1.54, 1.807) is 0 Å². The van der Waals surface area contributed by atoms with Crippen LogP contribution in [0, 0.1) is 5.92 Å². The third-order valence-corrected chi connectivity index (χ3v) is 4.00. The van der Waals surface area contributed by atoms with Crippen LogP contribution in [0.3, 0.4) is 0 Å². The first kappa shape index (κ1) is 11.5. The van der Waals surface area contributed by atoms with Crippen molar-refractivity contribution in [2.45, 2.75) is 26.7 Å². The summed E-state index contributed by atoms with van der Waals surface area (Å²) in [6.45, 7) is 7.07. The topological polar surface area (TPSA) is 51.4 Å². The lowest BCUT2D eigenvalue weighted by molar-refractivity contribution is 0.343. The molecule has 2 N–H and O–H groups in total. The maximum atomic E-state index is 5.81. The Morgan fingerprint density at radius 2 is 2.38 bits per heavy atom. The van der Waals surface area contributed by atoms with Crippen molar-refractivity contribution in [2.75, 3.05) is 30.3 Å². The molecule has 2 rings (SSSR count). The number of anilines is 2. The van der Waals surface area contributed by atoms with Crippen molar-refractivity contribution >= 4 is 22.4 Å². The van der Waals surface area contributed by atoms with E-state index in [1.807, 2.05) is 6.92 Å². The van der Waals surface area contributed by atoms with Crippen LogP contribution in [0.2, 0.25) is 0 Å². The predicted molar refractivity (Wildman–Crippen MR) is 68.3 cm³/mol. The molecule has 1 atom stereocenters. The minimum Gasteiger partial charge on any atom is -0.487 e. The molecule has 0 bridgehead atoms. The van der Waals surface area contributed by atoms with Crippen molar-refractivity contribution in [1.29, 1.82) is 0 Å². The van der Waals surface area contributed by atoms with E-state index in [1.165, 1.54) is 24.4 Å². The van der Waals surface area contributed by atoms with Crippen molar-refractivity contribution in [2.24, 2.45) is 5.92 Å². The fourth-order valence-corrected chi connectivity index (χ4v) is 2.91. The Kier molecular flexibility index (Phi) is 3.53. The summed E-state index contributed by atoms with van der Waals surface area (Å²) in [5, 5.41) is 1.11. The van der Waals surface area contributed by atoms with Gasteiger partial charge in [0, 0.05) is 13.1 Å². The van der Waals surface area contributed by atoms with E-state index in [4.69, 9.17) is 10.5 Å². The Balaban J connectivity index is 2.14. The molecule has 0 saturated carbocycles. The van der Waals surface area contributed by atoms with Gasteiger partial charge >= 0.3 is 0 Å². The average Bonchev–Trinajstić information content (AvgIpc) is 2.87. The Labute approximate surface area is 101 Å². The molecule has 1 fully saturated rings. The Morgan fingerprint density at radius 1 is 1.56 bits per heavy atom. The van der Waals surface area contributed by atoms with Crippen LogP contribution < -0.4 is 15.4 Å². The zero-order valence-electron chi connectivity index (χ0n) is 9.90. The largest absolute Gasteiger partial charge is 0.487 e. The van der Waals surface area contributed by atoms with Gasteiger partial charge in [0.25, 0.3) is 0 Å². The van der Waals surface area contributed by atoms with Gasteiger partial charge in [-0.1, -0.05) is 13.3 Å². The van der Waals surface area contributed by atoms with Crippen LogP contribution in [-0.2, 0) is 0 Å². The van der Waals surface area contributed by atoms with Gasteiger partial charge in [-0.25, -0.2) is 0 Å². The third kappa shape index (κ3) is 2.09. The Morgan fingerprint density at radius 3 is 3.00 bits per heavy atom. The summed E-state index contributed by atoms with van der Waals surface area (Å²) < 4.78 is 9.75. The summed E-state index contributed by atoms with van der Waals surface area (Å²) >= 11 is 1.45. The SMILES string of the molecule is CCOc1c(N)nsc1N1CCC(CC)C1. The average molecular weight is 241 g/mol. The molecule has 1 aromatic rings. The quantitative estimate of drug-likeness (QED) is 0.879. The second kappa shape index (κ2) is 4.91. The summed E-state index contributed by atoms with van der Waals surface area (Å²) in [5.41, 5.74) is 5.81. The van der Waals surface area contributed by atoms with E-state index in [0.29, 0.717) is 12.4 Å². The van der Waals surface area contributed by atoms with E-state index in [9.17, 15) is 0 Å². The van der Waals surface area contributed by atoms with Crippen LogP contribution in [0.1, 0.15) is 26.7 Å². The number of hydrogen-bond acceptors (Lipinski definition) is 5. The molecule has 1 aromatic heterocycles. The van der Waals surface area contributed by atoms with E-state index in [0.717, 1.165) is 29.8 Å². The highest BCUT2D eigenvalue weighted by molar-refractivity contribution is 7.11. The molecule has 1 saturated heterocycles. The van der Waals surface area contributed by atoms with Crippen molar-refractivity contribution in [3.05, 3.63) is 0 Å². The molecule has 5 heteroatoms. The van der Waals surface area contributed by atoms with Crippen molar-refractivity contribution in [1.82, 2.24) is 4.37 Å². The van der Waals surface area contributed by atoms with Crippen LogP contribution >= 0.6 is 11.5 Å². The lowest BCUT2D eigenvalue weighted by Crippen LogP contribution is -2.19. The molecule has 90 valence electrons. The van der Waals surface area contributed by atoms with E-state index in [-0.39, 0.29) is 0 Å². The van der Waals surface area contributed by atoms with Gasteiger partial charge in [-0.15, -0.1) is 0 Å². The number of ether oxygens (including phenoxy) is 1. The fraction of sp³-hybridized carbons (Fsp3) is 0.727. The third-order valence-electron chi connectivity index (χ3n) is 3.10. The van der Waals surface area contributed by atoms with Gasteiger partial charge in [0.15, 0.2) is 16.6 Å². The number of hydrogen-bond donors (Lipinski definition) is 1. The maximum Gasteiger partial charge on any atom is 0.197 e. The van der Waals surface area contributed by atoms with Gasteiger partial charge < -0.3 is 15.4 Å². The molecule has 2 heterocycles. The Hall–Kier alpha value is -0.970. The minimum atomic E-state index is 0.529. The van der Waals surface area contributed by atoms with E-state index < -0.39 is 0 Å². The highest BCUT2D eigenvalue weighted by Gasteiger charge is 2.26. The first-order valence-corrected chi connectivity index (χ1v) is 6.66. The predicted octanol–water partition coefficient (Wildman–Crippen LogP) is 2.36. The molecule has 1 unspecified atom stereocenters. The van der Waals surface area contributed by atoms with E-state index >= 15 is 0 Å². The van der Waals surface area contributed by atoms with Gasteiger partial charge in [0.2, 0.25) is 0 Å². The first-order valence-electron chi connectivity index (χ1n) is 5.89. The maximum absolute atomic E-state index is 5.81. The molecular formula is C11H19N3OS. The number of nitrogens with zero attached hydrogens (tertiary/aromatic N) is 2. The van der Waals surface area contributed by atoms with Gasteiger partial charge in [0.1, 0.15) is 0 Å². The van der Waals surface area contributed by atoms with Gasteiger partial charge in [0.05, 0.1) is 6.61 Å². The monoisotopic (exact) mass is 241 g/mol. The fourth-order valence-electron chi connectivity index (χ4n) is 2.12. The molecule has 16 heavy (non-hydrogen) atoms. The van der Waals surface area contributed by atoms with Gasteiger partial charge in [-0.05, 0) is 30.8 Å². The highest BCUT2D eigenvalue weighted by Crippen LogP contribution is 2.40. The van der Waals surface area contributed by atoms with E-state index in [2.05, 4.69) is 16.2 Å². The summed E-state index contributed by atoms with van der Waals surface area (Å²) in [7, 11) is 0. The summed E-state index contributed by atoms with van der Waals surface area (Å²) in [6, 6.07) is 0. The molecule has 0 amide bonds.